The van der Waals surface area contributed by atoms with Crippen molar-refractivity contribution in [1.29, 1.82) is 0 Å². The molecule has 6 heteroatoms. The lowest BCUT2D eigenvalue weighted by molar-refractivity contribution is 0.0755. The lowest BCUT2D eigenvalue weighted by atomic mass is 10.1. The molecule has 0 saturated heterocycles. The maximum absolute atomic E-state index is 12.6. The maximum Gasteiger partial charge on any atom is 0.275 e. The fourth-order valence-corrected chi connectivity index (χ4v) is 2.89. The number of benzene rings is 2. The summed E-state index contributed by atoms with van der Waals surface area (Å²) in [5.41, 5.74) is 3.47. The van der Waals surface area contributed by atoms with Crippen LogP contribution in [-0.2, 0) is 6.54 Å². The zero-order chi connectivity index (χ0) is 19.2. The normalized spacial score (nSPS) is 12.0. The Labute approximate surface area is 159 Å². The Bertz CT molecular complexity index is 892. The molecule has 0 saturated carbocycles. The summed E-state index contributed by atoms with van der Waals surface area (Å²) in [7, 11) is 1.71. The number of aromatic nitrogens is 3. The third-order valence-corrected chi connectivity index (χ3v) is 4.62. The van der Waals surface area contributed by atoms with Gasteiger partial charge in [0.05, 0.1) is 18.8 Å². The van der Waals surface area contributed by atoms with Gasteiger partial charge in [0.2, 0.25) is 0 Å². The molecule has 2 aromatic carbocycles. The van der Waals surface area contributed by atoms with Gasteiger partial charge in [0.25, 0.3) is 5.91 Å². The van der Waals surface area contributed by atoms with Crippen LogP contribution in [0.4, 0.5) is 0 Å². The number of rotatable bonds is 7. The topological polar surface area (TPSA) is 71.2 Å². The highest BCUT2D eigenvalue weighted by atomic mass is 16.3. The molecule has 0 aliphatic heterocycles. The third kappa shape index (κ3) is 4.80. The van der Waals surface area contributed by atoms with Crippen molar-refractivity contribution in [2.45, 2.75) is 26.0 Å². The first-order chi connectivity index (χ1) is 13.0. The molecule has 0 aliphatic carbocycles. The third-order valence-electron chi connectivity index (χ3n) is 4.62. The molecule has 0 aliphatic rings. The molecule has 0 unspecified atom stereocenters. The molecular formula is C21H24N4O2. The maximum atomic E-state index is 12.6. The highest BCUT2D eigenvalue weighted by Crippen LogP contribution is 2.16. The zero-order valence-corrected chi connectivity index (χ0v) is 15.6. The summed E-state index contributed by atoms with van der Waals surface area (Å²) >= 11 is 0. The molecule has 3 aromatic rings. The molecule has 3 rings (SSSR count). The molecule has 0 spiro atoms. The number of hydrogen-bond acceptors (Lipinski definition) is 4. The number of hydrogen-bond donors (Lipinski definition) is 1. The van der Waals surface area contributed by atoms with Crippen molar-refractivity contribution in [2.75, 3.05) is 13.6 Å². The van der Waals surface area contributed by atoms with E-state index in [1.165, 1.54) is 5.56 Å². The van der Waals surface area contributed by atoms with Gasteiger partial charge in [0.1, 0.15) is 0 Å². The van der Waals surface area contributed by atoms with Crippen LogP contribution in [0.5, 0.6) is 0 Å². The van der Waals surface area contributed by atoms with Gasteiger partial charge >= 0.3 is 0 Å². The first kappa shape index (κ1) is 18.8. The van der Waals surface area contributed by atoms with Crippen molar-refractivity contribution < 1.29 is 9.90 Å². The molecular weight excluding hydrogens is 340 g/mol. The second kappa shape index (κ2) is 8.60. The summed E-state index contributed by atoms with van der Waals surface area (Å²) in [6.07, 6.45) is 1.53. The lowest BCUT2D eigenvalue weighted by Gasteiger charge is -2.18. The highest BCUT2D eigenvalue weighted by Gasteiger charge is 2.17. The van der Waals surface area contributed by atoms with Crippen molar-refractivity contribution in [3.63, 3.8) is 0 Å². The van der Waals surface area contributed by atoms with E-state index >= 15 is 0 Å². The van der Waals surface area contributed by atoms with E-state index in [0.29, 0.717) is 25.2 Å². The SMILES string of the molecule is Cc1ccccc1Cn1cc(C(=O)N(C)CC[C@H](O)c2ccccc2)nn1. The van der Waals surface area contributed by atoms with Crippen LogP contribution in [0.25, 0.3) is 0 Å². The Kier molecular flexibility index (Phi) is 5.98. The van der Waals surface area contributed by atoms with Gasteiger partial charge in [0, 0.05) is 13.6 Å². The molecule has 1 heterocycles. The van der Waals surface area contributed by atoms with E-state index in [0.717, 1.165) is 11.1 Å². The van der Waals surface area contributed by atoms with E-state index in [-0.39, 0.29) is 5.91 Å². The van der Waals surface area contributed by atoms with Crippen molar-refractivity contribution in [3.8, 4) is 0 Å². The molecule has 27 heavy (non-hydrogen) atoms. The van der Waals surface area contributed by atoms with Crippen molar-refractivity contribution in [1.82, 2.24) is 19.9 Å². The van der Waals surface area contributed by atoms with Crippen LogP contribution in [0.2, 0.25) is 0 Å². The molecule has 6 nitrogen and oxygen atoms in total. The minimum atomic E-state index is -0.599. The van der Waals surface area contributed by atoms with E-state index in [9.17, 15) is 9.90 Å². The highest BCUT2D eigenvalue weighted by molar-refractivity contribution is 5.91. The Balaban J connectivity index is 1.57. The van der Waals surface area contributed by atoms with Crippen molar-refractivity contribution in [2.24, 2.45) is 0 Å². The fourth-order valence-electron chi connectivity index (χ4n) is 2.89. The van der Waals surface area contributed by atoms with Crippen LogP contribution >= 0.6 is 0 Å². The number of amides is 1. The number of aliphatic hydroxyl groups excluding tert-OH is 1. The molecule has 0 radical (unpaired) electrons. The summed E-state index contributed by atoms with van der Waals surface area (Å²) in [5, 5.41) is 18.3. The minimum Gasteiger partial charge on any atom is -0.388 e. The number of carbonyl (C=O) groups excluding carboxylic acids is 1. The van der Waals surface area contributed by atoms with Gasteiger partial charge in [-0.15, -0.1) is 5.10 Å². The first-order valence-electron chi connectivity index (χ1n) is 8.97. The Morgan fingerprint density at radius 1 is 1.15 bits per heavy atom. The van der Waals surface area contributed by atoms with Crippen LogP contribution in [0.1, 0.15) is 39.7 Å². The Morgan fingerprint density at radius 3 is 2.59 bits per heavy atom. The Hall–Kier alpha value is -2.99. The standard InChI is InChI=1S/C21H24N4O2/c1-16-8-6-7-11-18(16)14-25-15-19(22-23-25)21(27)24(2)13-12-20(26)17-9-4-3-5-10-17/h3-11,15,20,26H,12-14H2,1-2H3/t20-/m0/s1. The number of nitrogens with zero attached hydrogens (tertiary/aromatic N) is 4. The van der Waals surface area contributed by atoms with Crippen LogP contribution in [0.15, 0.2) is 60.8 Å². The fraction of sp³-hybridized carbons (Fsp3) is 0.286. The van der Waals surface area contributed by atoms with Crippen molar-refractivity contribution >= 4 is 5.91 Å². The smallest absolute Gasteiger partial charge is 0.275 e. The summed E-state index contributed by atoms with van der Waals surface area (Å²) in [5.74, 6) is -0.203. The first-order valence-corrected chi connectivity index (χ1v) is 8.97. The van der Waals surface area contributed by atoms with Crippen LogP contribution in [0.3, 0.4) is 0 Å². The predicted octanol–water partition coefficient (Wildman–Crippen LogP) is 2.83. The predicted molar refractivity (Wildman–Crippen MR) is 103 cm³/mol. The van der Waals surface area contributed by atoms with Gasteiger partial charge in [0.15, 0.2) is 5.69 Å². The van der Waals surface area contributed by atoms with Crippen LogP contribution < -0.4 is 0 Å². The van der Waals surface area contributed by atoms with E-state index in [1.54, 1.807) is 22.8 Å². The number of carbonyl (C=O) groups is 1. The molecule has 0 fully saturated rings. The number of aryl methyl sites for hydroxylation is 1. The Morgan fingerprint density at radius 2 is 1.85 bits per heavy atom. The second-order valence-electron chi connectivity index (χ2n) is 6.67. The summed E-state index contributed by atoms with van der Waals surface area (Å²) in [6.45, 7) is 3.05. The lowest BCUT2D eigenvalue weighted by Crippen LogP contribution is -2.29. The largest absolute Gasteiger partial charge is 0.388 e. The van der Waals surface area contributed by atoms with Gasteiger partial charge in [-0.25, -0.2) is 4.68 Å². The quantitative estimate of drug-likeness (QED) is 0.700. The van der Waals surface area contributed by atoms with Crippen LogP contribution in [-0.4, -0.2) is 44.5 Å². The summed E-state index contributed by atoms with van der Waals surface area (Å²) in [6, 6.07) is 17.5. The molecule has 140 valence electrons. The van der Waals surface area contributed by atoms with Crippen molar-refractivity contribution in [3.05, 3.63) is 83.2 Å². The number of aliphatic hydroxyl groups is 1. The van der Waals surface area contributed by atoms with E-state index in [1.807, 2.05) is 61.5 Å². The summed E-state index contributed by atoms with van der Waals surface area (Å²) in [4.78, 5) is 14.1. The second-order valence-corrected chi connectivity index (χ2v) is 6.67. The monoisotopic (exact) mass is 364 g/mol. The van der Waals surface area contributed by atoms with E-state index < -0.39 is 6.10 Å². The van der Waals surface area contributed by atoms with E-state index in [4.69, 9.17) is 0 Å². The van der Waals surface area contributed by atoms with Gasteiger partial charge in [-0.05, 0) is 30.0 Å². The molecule has 1 aromatic heterocycles. The molecule has 1 atom stereocenters. The van der Waals surface area contributed by atoms with Gasteiger partial charge in [-0.2, -0.15) is 0 Å². The average Bonchev–Trinajstić information content (AvgIpc) is 3.16. The van der Waals surface area contributed by atoms with Gasteiger partial charge < -0.3 is 10.0 Å². The zero-order valence-electron chi connectivity index (χ0n) is 15.6. The molecule has 1 N–H and O–H groups in total. The summed E-state index contributed by atoms with van der Waals surface area (Å²) < 4.78 is 1.67. The van der Waals surface area contributed by atoms with E-state index in [2.05, 4.69) is 10.3 Å². The van der Waals surface area contributed by atoms with Gasteiger partial charge in [-0.1, -0.05) is 59.8 Å². The molecule has 1 amide bonds. The van der Waals surface area contributed by atoms with Gasteiger partial charge in [-0.3, -0.25) is 4.79 Å². The minimum absolute atomic E-state index is 0.203. The average molecular weight is 364 g/mol. The molecule has 0 bridgehead atoms. The van der Waals surface area contributed by atoms with Crippen LogP contribution in [0, 0.1) is 6.92 Å².